The van der Waals surface area contributed by atoms with E-state index in [4.69, 9.17) is 11.6 Å². The molecule has 0 saturated heterocycles. The maximum atomic E-state index is 12.8. The normalized spacial score (nSPS) is 10.5. The van der Waals surface area contributed by atoms with Gasteiger partial charge in [0.1, 0.15) is 5.15 Å². The molecule has 3 aromatic rings. The van der Waals surface area contributed by atoms with Crippen molar-refractivity contribution in [3.63, 3.8) is 0 Å². The number of rotatable bonds is 7. The molecule has 7 nitrogen and oxygen atoms in total. The summed E-state index contributed by atoms with van der Waals surface area (Å²) in [5.74, 6) is -0.342. The van der Waals surface area contributed by atoms with E-state index in [9.17, 15) is 9.59 Å². The fourth-order valence-corrected chi connectivity index (χ4v) is 3.30. The van der Waals surface area contributed by atoms with E-state index < -0.39 is 0 Å². The number of nitrogens with zero attached hydrogens (tertiary/aromatic N) is 2. The van der Waals surface area contributed by atoms with Crippen molar-refractivity contribution >= 4 is 40.6 Å². The van der Waals surface area contributed by atoms with Crippen molar-refractivity contribution in [1.29, 1.82) is 0 Å². The van der Waals surface area contributed by atoms with Crippen LogP contribution in [0.2, 0.25) is 5.15 Å². The highest BCUT2D eigenvalue weighted by molar-refractivity contribution is 6.33. The standard InChI is InChI=1S/C22H24ClN5O2/c1-3-4-13-28-20(23)19(15(2)27-28)21(29)24-17-11-8-12-18(14-17)26-22(30)25-16-9-6-5-7-10-16/h5-12,14H,3-4,13H2,1-2H3,(H,24,29)(H2,25,26,30). The third-order valence-corrected chi connectivity index (χ3v) is 4.81. The highest BCUT2D eigenvalue weighted by Crippen LogP contribution is 2.23. The van der Waals surface area contributed by atoms with Crippen molar-refractivity contribution in [2.75, 3.05) is 16.0 Å². The second kappa shape index (κ2) is 9.93. The number of carbonyl (C=O) groups is 2. The van der Waals surface area contributed by atoms with Gasteiger partial charge in [0.15, 0.2) is 0 Å². The van der Waals surface area contributed by atoms with Gasteiger partial charge in [-0.05, 0) is 43.7 Å². The summed E-state index contributed by atoms with van der Waals surface area (Å²) in [5, 5.41) is 13.0. The zero-order valence-corrected chi connectivity index (χ0v) is 17.7. The topological polar surface area (TPSA) is 88.1 Å². The van der Waals surface area contributed by atoms with Gasteiger partial charge in [-0.1, -0.05) is 49.2 Å². The molecule has 3 rings (SSSR count). The Hall–Kier alpha value is -3.32. The molecule has 0 aliphatic carbocycles. The first-order valence-corrected chi connectivity index (χ1v) is 10.1. The summed E-state index contributed by atoms with van der Waals surface area (Å²) in [6, 6.07) is 15.7. The molecule has 0 fully saturated rings. The minimum absolute atomic E-state index is 0.329. The van der Waals surface area contributed by atoms with Gasteiger partial charge in [0, 0.05) is 23.6 Å². The van der Waals surface area contributed by atoms with Gasteiger partial charge in [0.05, 0.1) is 11.3 Å². The van der Waals surface area contributed by atoms with Crippen LogP contribution in [-0.4, -0.2) is 21.7 Å². The zero-order valence-electron chi connectivity index (χ0n) is 16.9. The van der Waals surface area contributed by atoms with Crippen LogP contribution in [0.25, 0.3) is 0 Å². The summed E-state index contributed by atoms with van der Waals surface area (Å²) in [6.07, 6.45) is 1.94. The van der Waals surface area contributed by atoms with Crippen LogP contribution in [0.15, 0.2) is 54.6 Å². The van der Waals surface area contributed by atoms with Gasteiger partial charge in [-0.25, -0.2) is 4.79 Å². The van der Waals surface area contributed by atoms with Crippen LogP contribution in [-0.2, 0) is 6.54 Å². The molecule has 1 heterocycles. The minimum atomic E-state index is -0.374. The van der Waals surface area contributed by atoms with Gasteiger partial charge in [0.25, 0.3) is 5.91 Å². The lowest BCUT2D eigenvalue weighted by Crippen LogP contribution is -2.19. The number of unbranched alkanes of at least 4 members (excludes halogenated alkanes) is 1. The molecule has 0 saturated carbocycles. The van der Waals surface area contributed by atoms with E-state index in [1.54, 1.807) is 48.0 Å². The van der Waals surface area contributed by atoms with Crippen molar-refractivity contribution in [3.8, 4) is 0 Å². The molecule has 3 N–H and O–H groups in total. The molecule has 1 aromatic heterocycles. The molecule has 0 radical (unpaired) electrons. The number of urea groups is 1. The first-order valence-electron chi connectivity index (χ1n) is 9.75. The molecular weight excluding hydrogens is 402 g/mol. The van der Waals surface area contributed by atoms with Gasteiger partial charge in [-0.3, -0.25) is 9.48 Å². The quantitative estimate of drug-likeness (QED) is 0.464. The monoisotopic (exact) mass is 425 g/mol. The molecule has 30 heavy (non-hydrogen) atoms. The maximum absolute atomic E-state index is 12.8. The maximum Gasteiger partial charge on any atom is 0.323 e. The average molecular weight is 426 g/mol. The van der Waals surface area contributed by atoms with Crippen LogP contribution in [0.1, 0.15) is 35.8 Å². The summed E-state index contributed by atoms with van der Waals surface area (Å²) < 4.78 is 1.65. The summed E-state index contributed by atoms with van der Waals surface area (Å²) in [6.45, 7) is 4.51. The third-order valence-electron chi connectivity index (χ3n) is 4.43. The fourth-order valence-electron chi connectivity index (χ4n) is 2.95. The molecule has 8 heteroatoms. The van der Waals surface area contributed by atoms with E-state index in [2.05, 4.69) is 28.0 Å². The summed E-state index contributed by atoms with van der Waals surface area (Å²) >= 11 is 6.38. The highest BCUT2D eigenvalue weighted by atomic mass is 35.5. The lowest BCUT2D eigenvalue weighted by Gasteiger charge is -2.10. The first-order chi connectivity index (χ1) is 14.5. The Morgan fingerprint density at radius 1 is 0.967 bits per heavy atom. The second-order valence-corrected chi connectivity index (χ2v) is 7.17. The first kappa shape index (κ1) is 21.4. The molecule has 0 bridgehead atoms. The van der Waals surface area contributed by atoms with Gasteiger partial charge >= 0.3 is 6.03 Å². The van der Waals surface area contributed by atoms with E-state index in [1.807, 2.05) is 18.2 Å². The van der Waals surface area contributed by atoms with Crippen LogP contribution in [0, 0.1) is 6.92 Å². The van der Waals surface area contributed by atoms with Crippen molar-refractivity contribution in [2.24, 2.45) is 0 Å². The Labute approximate surface area is 180 Å². The molecule has 0 unspecified atom stereocenters. The average Bonchev–Trinajstić information content (AvgIpc) is 3.00. The van der Waals surface area contributed by atoms with E-state index in [-0.39, 0.29) is 11.9 Å². The number of carbonyl (C=O) groups excluding carboxylic acids is 2. The summed E-state index contributed by atoms with van der Waals surface area (Å²) in [4.78, 5) is 24.9. The van der Waals surface area contributed by atoms with Crippen LogP contribution < -0.4 is 16.0 Å². The predicted molar refractivity (Wildman–Crippen MR) is 120 cm³/mol. The number of aromatic nitrogens is 2. The number of halogens is 1. The Morgan fingerprint density at radius 3 is 2.30 bits per heavy atom. The van der Waals surface area contributed by atoms with Crippen molar-refractivity contribution < 1.29 is 9.59 Å². The van der Waals surface area contributed by atoms with Crippen molar-refractivity contribution in [2.45, 2.75) is 33.2 Å². The Balaban J connectivity index is 1.67. The number of nitrogens with one attached hydrogen (secondary N) is 3. The Bertz CT molecular complexity index is 1030. The van der Waals surface area contributed by atoms with Gasteiger partial charge < -0.3 is 16.0 Å². The largest absolute Gasteiger partial charge is 0.323 e. The molecule has 0 aliphatic heterocycles. The lowest BCUT2D eigenvalue weighted by atomic mass is 10.2. The smallest absolute Gasteiger partial charge is 0.322 e. The van der Waals surface area contributed by atoms with Gasteiger partial charge in [0.2, 0.25) is 0 Å². The molecular formula is C22H24ClN5O2. The lowest BCUT2D eigenvalue weighted by molar-refractivity contribution is 0.102. The molecule has 0 aliphatic rings. The number of hydrogen-bond donors (Lipinski definition) is 3. The number of amides is 3. The molecule has 2 aromatic carbocycles. The highest BCUT2D eigenvalue weighted by Gasteiger charge is 2.20. The van der Waals surface area contributed by atoms with Crippen LogP contribution in [0.5, 0.6) is 0 Å². The van der Waals surface area contributed by atoms with Crippen LogP contribution >= 0.6 is 11.6 Å². The van der Waals surface area contributed by atoms with Crippen molar-refractivity contribution in [1.82, 2.24) is 9.78 Å². The van der Waals surface area contributed by atoms with E-state index in [1.165, 1.54) is 0 Å². The zero-order chi connectivity index (χ0) is 21.5. The summed E-state index contributed by atoms with van der Waals surface area (Å²) in [7, 11) is 0. The number of hydrogen-bond acceptors (Lipinski definition) is 3. The number of benzene rings is 2. The number of anilines is 3. The molecule has 0 spiro atoms. The minimum Gasteiger partial charge on any atom is -0.322 e. The third kappa shape index (κ3) is 5.39. The molecule has 0 atom stereocenters. The van der Waals surface area contributed by atoms with Gasteiger partial charge in [-0.15, -0.1) is 0 Å². The van der Waals surface area contributed by atoms with E-state index >= 15 is 0 Å². The predicted octanol–water partition coefficient (Wildman–Crippen LogP) is 5.54. The van der Waals surface area contributed by atoms with E-state index in [0.29, 0.717) is 40.0 Å². The van der Waals surface area contributed by atoms with Crippen molar-refractivity contribution in [3.05, 3.63) is 71.0 Å². The second-order valence-electron chi connectivity index (χ2n) is 6.81. The van der Waals surface area contributed by atoms with Crippen LogP contribution in [0.4, 0.5) is 21.9 Å². The van der Waals surface area contributed by atoms with Crippen LogP contribution in [0.3, 0.4) is 0 Å². The van der Waals surface area contributed by atoms with E-state index in [0.717, 1.165) is 12.8 Å². The number of para-hydroxylation sites is 1. The number of aryl methyl sites for hydroxylation is 2. The fraction of sp³-hybridized carbons (Fsp3) is 0.227. The van der Waals surface area contributed by atoms with Gasteiger partial charge in [-0.2, -0.15) is 5.10 Å². The Kier molecular flexibility index (Phi) is 7.08. The summed E-state index contributed by atoms with van der Waals surface area (Å²) in [5.41, 5.74) is 2.69. The molecule has 3 amide bonds. The Morgan fingerprint density at radius 2 is 1.60 bits per heavy atom. The molecule has 156 valence electrons. The SMILES string of the molecule is CCCCn1nc(C)c(C(=O)Nc2cccc(NC(=O)Nc3ccccc3)c2)c1Cl.